The molecule has 0 fully saturated rings. The molecular formula is C26H21N3O3. The number of carbonyl (C=O) groups excluding carboxylic acids is 2. The molecule has 0 aliphatic rings. The van der Waals surface area contributed by atoms with Crippen LogP contribution in [0.25, 0.3) is 5.69 Å². The van der Waals surface area contributed by atoms with Crippen molar-refractivity contribution in [2.24, 2.45) is 5.10 Å². The Morgan fingerprint density at radius 2 is 1.62 bits per heavy atom. The molecule has 3 aromatic carbocycles. The number of amides is 1. The highest BCUT2D eigenvalue weighted by molar-refractivity contribution is 5.96. The van der Waals surface area contributed by atoms with Gasteiger partial charge in [-0.25, -0.2) is 10.2 Å². The average molecular weight is 423 g/mol. The molecule has 1 heterocycles. The molecule has 0 unspecified atom stereocenters. The Labute approximate surface area is 185 Å². The summed E-state index contributed by atoms with van der Waals surface area (Å²) in [5.74, 6) is -0.441. The molecule has 158 valence electrons. The highest BCUT2D eigenvalue weighted by atomic mass is 16.5. The van der Waals surface area contributed by atoms with E-state index in [9.17, 15) is 9.59 Å². The van der Waals surface area contributed by atoms with Crippen molar-refractivity contribution in [1.29, 1.82) is 0 Å². The van der Waals surface area contributed by atoms with Crippen LogP contribution < -0.4 is 10.2 Å². The number of para-hydroxylation sites is 1. The fourth-order valence-electron chi connectivity index (χ4n) is 3.13. The zero-order valence-corrected chi connectivity index (χ0v) is 17.4. The van der Waals surface area contributed by atoms with E-state index in [2.05, 4.69) is 10.5 Å². The Morgan fingerprint density at radius 3 is 2.38 bits per heavy atom. The fraction of sp³-hybridized carbons (Fsp3) is 0.0385. The van der Waals surface area contributed by atoms with Crippen LogP contribution in [0, 0.1) is 6.92 Å². The van der Waals surface area contributed by atoms with Crippen LogP contribution in [-0.2, 0) is 0 Å². The molecule has 0 aliphatic heterocycles. The van der Waals surface area contributed by atoms with Gasteiger partial charge in [0.15, 0.2) is 0 Å². The predicted molar refractivity (Wildman–Crippen MR) is 123 cm³/mol. The van der Waals surface area contributed by atoms with Crippen molar-refractivity contribution >= 4 is 18.1 Å². The predicted octanol–water partition coefficient (Wildman–Crippen LogP) is 4.77. The molecule has 0 saturated carbocycles. The molecule has 1 aromatic heterocycles. The summed E-state index contributed by atoms with van der Waals surface area (Å²) >= 11 is 0. The van der Waals surface area contributed by atoms with Crippen molar-refractivity contribution < 1.29 is 14.3 Å². The van der Waals surface area contributed by atoms with E-state index in [4.69, 9.17) is 4.74 Å². The monoisotopic (exact) mass is 423 g/mol. The van der Waals surface area contributed by atoms with Gasteiger partial charge in [-0.1, -0.05) is 29.8 Å². The average Bonchev–Trinajstić information content (AvgIpc) is 3.35. The van der Waals surface area contributed by atoms with Gasteiger partial charge in [0.25, 0.3) is 5.91 Å². The maximum Gasteiger partial charge on any atom is 0.343 e. The molecule has 0 spiro atoms. The van der Waals surface area contributed by atoms with Gasteiger partial charge < -0.3 is 9.30 Å². The quantitative estimate of drug-likeness (QED) is 0.210. The number of aryl methyl sites for hydroxylation is 1. The number of benzene rings is 3. The summed E-state index contributed by atoms with van der Waals surface area (Å²) < 4.78 is 7.49. The lowest BCUT2D eigenvalue weighted by Crippen LogP contribution is -2.17. The van der Waals surface area contributed by atoms with Crippen LogP contribution in [0.4, 0.5) is 0 Å². The number of esters is 1. The second-order valence-corrected chi connectivity index (χ2v) is 7.13. The number of hydrazone groups is 1. The number of ether oxygens (including phenoxy) is 1. The van der Waals surface area contributed by atoms with E-state index in [-0.39, 0.29) is 5.91 Å². The summed E-state index contributed by atoms with van der Waals surface area (Å²) in [6.45, 7) is 1.91. The van der Waals surface area contributed by atoms with Crippen LogP contribution in [0.3, 0.4) is 0 Å². The third-order valence-electron chi connectivity index (χ3n) is 4.78. The van der Waals surface area contributed by atoms with Crippen LogP contribution in [0.1, 0.15) is 31.8 Å². The zero-order chi connectivity index (χ0) is 22.3. The standard InChI is InChI=1S/C26H21N3O3/c1-19-7-6-9-21(17-19)26(31)32-24-10-3-2-8-22(24)18-27-28-25(30)20-11-13-23(14-12-20)29-15-4-5-16-29/h2-18H,1H3,(H,28,30)/b27-18+. The molecule has 6 nitrogen and oxygen atoms in total. The Balaban J connectivity index is 1.41. The van der Waals surface area contributed by atoms with E-state index in [0.29, 0.717) is 22.4 Å². The number of rotatable bonds is 6. The minimum absolute atomic E-state index is 0.338. The topological polar surface area (TPSA) is 72.7 Å². The molecule has 6 heteroatoms. The first-order chi connectivity index (χ1) is 15.6. The van der Waals surface area contributed by atoms with Crippen LogP contribution in [0.2, 0.25) is 0 Å². The molecule has 4 aromatic rings. The van der Waals surface area contributed by atoms with Crippen LogP contribution >= 0.6 is 0 Å². The first kappa shape index (κ1) is 20.8. The van der Waals surface area contributed by atoms with E-state index >= 15 is 0 Å². The van der Waals surface area contributed by atoms with Crippen molar-refractivity contribution in [3.8, 4) is 11.4 Å². The van der Waals surface area contributed by atoms with E-state index in [1.807, 2.05) is 54.2 Å². The van der Waals surface area contributed by atoms with Gasteiger partial charge in [-0.15, -0.1) is 0 Å². The third-order valence-corrected chi connectivity index (χ3v) is 4.78. The minimum Gasteiger partial charge on any atom is -0.422 e. The lowest BCUT2D eigenvalue weighted by molar-refractivity contribution is 0.0734. The number of nitrogens with one attached hydrogen (secondary N) is 1. The van der Waals surface area contributed by atoms with Crippen LogP contribution in [0.15, 0.2) is 102 Å². The number of hydrogen-bond donors (Lipinski definition) is 1. The number of hydrogen-bond acceptors (Lipinski definition) is 4. The van der Waals surface area contributed by atoms with Crippen molar-refractivity contribution in [3.05, 3.63) is 120 Å². The summed E-state index contributed by atoms with van der Waals surface area (Å²) in [7, 11) is 0. The van der Waals surface area contributed by atoms with Crippen molar-refractivity contribution in [2.45, 2.75) is 6.92 Å². The maximum absolute atomic E-state index is 12.5. The SMILES string of the molecule is Cc1cccc(C(=O)Oc2ccccc2/C=N/NC(=O)c2ccc(-n3cccc3)cc2)c1. The van der Waals surface area contributed by atoms with Gasteiger partial charge in [-0.2, -0.15) is 5.10 Å². The normalized spacial score (nSPS) is 10.8. The summed E-state index contributed by atoms with van der Waals surface area (Å²) in [6, 6.07) is 25.2. The smallest absolute Gasteiger partial charge is 0.343 e. The molecule has 32 heavy (non-hydrogen) atoms. The van der Waals surface area contributed by atoms with E-state index < -0.39 is 5.97 Å². The Kier molecular flexibility index (Phi) is 6.22. The third kappa shape index (κ3) is 4.99. The highest BCUT2D eigenvalue weighted by Crippen LogP contribution is 2.18. The van der Waals surface area contributed by atoms with Crippen molar-refractivity contribution in [2.75, 3.05) is 0 Å². The molecule has 0 radical (unpaired) electrons. The van der Waals surface area contributed by atoms with Gasteiger partial charge in [0.2, 0.25) is 0 Å². The van der Waals surface area contributed by atoms with Gasteiger partial charge in [-0.3, -0.25) is 4.79 Å². The largest absolute Gasteiger partial charge is 0.422 e. The number of nitrogens with zero attached hydrogens (tertiary/aromatic N) is 2. The number of carbonyl (C=O) groups is 2. The fourth-order valence-corrected chi connectivity index (χ4v) is 3.13. The summed E-state index contributed by atoms with van der Waals surface area (Å²) in [5, 5.41) is 4.02. The van der Waals surface area contributed by atoms with E-state index in [0.717, 1.165) is 11.3 Å². The Bertz CT molecular complexity index is 1260. The molecular weight excluding hydrogens is 402 g/mol. The van der Waals surface area contributed by atoms with Gasteiger partial charge in [-0.05, 0) is 67.6 Å². The number of aromatic nitrogens is 1. The zero-order valence-electron chi connectivity index (χ0n) is 17.4. The first-order valence-corrected chi connectivity index (χ1v) is 10.0. The highest BCUT2D eigenvalue weighted by Gasteiger charge is 2.11. The summed E-state index contributed by atoms with van der Waals surface area (Å²) in [4.78, 5) is 24.9. The summed E-state index contributed by atoms with van der Waals surface area (Å²) in [6.07, 6.45) is 5.32. The second kappa shape index (κ2) is 9.57. The molecule has 1 N–H and O–H groups in total. The molecule has 0 bridgehead atoms. The van der Waals surface area contributed by atoms with Gasteiger partial charge in [0, 0.05) is 29.2 Å². The molecule has 0 aliphatic carbocycles. The maximum atomic E-state index is 12.5. The van der Waals surface area contributed by atoms with Crippen LogP contribution in [-0.4, -0.2) is 22.7 Å². The van der Waals surface area contributed by atoms with E-state index in [1.165, 1.54) is 6.21 Å². The molecule has 0 saturated heterocycles. The summed E-state index contributed by atoms with van der Waals surface area (Å²) in [5.41, 5.74) is 5.95. The van der Waals surface area contributed by atoms with Gasteiger partial charge >= 0.3 is 5.97 Å². The molecule has 4 rings (SSSR count). The molecule has 0 atom stereocenters. The Morgan fingerprint density at radius 1 is 0.875 bits per heavy atom. The molecule has 1 amide bonds. The second-order valence-electron chi connectivity index (χ2n) is 7.13. The van der Waals surface area contributed by atoms with Crippen molar-refractivity contribution in [3.63, 3.8) is 0 Å². The van der Waals surface area contributed by atoms with Gasteiger partial charge in [0.05, 0.1) is 11.8 Å². The Hall–Kier alpha value is -4.45. The van der Waals surface area contributed by atoms with E-state index in [1.54, 1.807) is 54.6 Å². The lowest BCUT2D eigenvalue weighted by atomic mass is 10.1. The van der Waals surface area contributed by atoms with Crippen LogP contribution in [0.5, 0.6) is 5.75 Å². The minimum atomic E-state index is -0.457. The lowest BCUT2D eigenvalue weighted by Gasteiger charge is -2.08. The van der Waals surface area contributed by atoms with Crippen molar-refractivity contribution in [1.82, 2.24) is 9.99 Å². The first-order valence-electron chi connectivity index (χ1n) is 10.0. The van der Waals surface area contributed by atoms with Gasteiger partial charge in [0.1, 0.15) is 5.75 Å².